The summed E-state index contributed by atoms with van der Waals surface area (Å²) in [4.78, 5) is 17.4. The first kappa shape index (κ1) is 23.0. The van der Waals surface area contributed by atoms with Crippen molar-refractivity contribution in [1.29, 1.82) is 0 Å². The first-order valence-electron chi connectivity index (χ1n) is 10.6. The van der Waals surface area contributed by atoms with Gasteiger partial charge in [0.25, 0.3) is 0 Å². The van der Waals surface area contributed by atoms with Crippen molar-refractivity contribution in [2.75, 3.05) is 17.7 Å². The molecule has 0 radical (unpaired) electrons. The average molecular weight is 478 g/mol. The predicted molar refractivity (Wildman–Crippen MR) is 136 cm³/mol. The van der Waals surface area contributed by atoms with Crippen molar-refractivity contribution in [3.63, 3.8) is 0 Å². The molecule has 1 amide bonds. The van der Waals surface area contributed by atoms with Gasteiger partial charge < -0.3 is 10.1 Å². The molecule has 1 aromatic heterocycles. The molecule has 0 spiro atoms. The van der Waals surface area contributed by atoms with Gasteiger partial charge in [-0.15, -0.1) is 0 Å². The zero-order valence-corrected chi connectivity index (χ0v) is 20.0. The first-order chi connectivity index (χ1) is 16.0. The van der Waals surface area contributed by atoms with E-state index >= 15 is 0 Å². The van der Waals surface area contributed by atoms with Gasteiger partial charge in [-0.25, -0.2) is 4.98 Å². The Balaban J connectivity index is 1.57. The number of anilines is 1. The summed E-state index contributed by atoms with van der Waals surface area (Å²) in [6.07, 6.45) is 1.99. The average Bonchev–Trinajstić information content (AvgIpc) is 3.25. The number of aryl methyl sites for hydroxylation is 1. The molecule has 0 atom stereocenters. The molecule has 168 valence electrons. The molecular weight excluding hydrogens is 454 g/mol. The Kier molecular flexibility index (Phi) is 7.37. The Labute approximate surface area is 202 Å². The lowest BCUT2D eigenvalue weighted by atomic mass is 10.1. The molecule has 0 saturated heterocycles. The van der Waals surface area contributed by atoms with E-state index in [2.05, 4.69) is 24.4 Å². The van der Waals surface area contributed by atoms with Gasteiger partial charge in [0.1, 0.15) is 5.75 Å². The highest BCUT2D eigenvalue weighted by molar-refractivity contribution is 7.99. The van der Waals surface area contributed by atoms with E-state index in [1.165, 1.54) is 17.3 Å². The maximum Gasteiger partial charge on any atom is 0.234 e. The van der Waals surface area contributed by atoms with Crippen LogP contribution >= 0.6 is 23.4 Å². The molecule has 1 N–H and O–H groups in total. The summed E-state index contributed by atoms with van der Waals surface area (Å²) in [5.74, 6) is 0.885. The van der Waals surface area contributed by atoms with Crippen LogP contribution in [0.15, 0.2) is 84.1 Å². The number of benzene rings is 3. The number of nitrogens with one attached hydrogen (secondary N) is 1. The minimum Gasteiger partial charge on any atom is -0.494 e. The van der Waals surface area contributed by atoms with Crippen molar-refractivity contribution in [3.8, 4) is 22.7 Å². The lowest BCUT2D eigenvalue weighted by Gasteiger charge is -2.09. The Hall–Kier alpha value is -3.22. The maximum absolute atomic E-state index is 12.6. The van der Waals surface area contributed by atoms with Crippen LogP contribution in [0.3, 0.4) is 0 Å². The third kappa shape index (κ3) is 5.78. The number of amides is 1. The van der Waals surface area contributed by atoms with Crippen molar-refractivity contribution in [2.24, 2.45) is 0 Å². The van der Waals surface area contributed by atoms with Crippen LogP contribution < -0.4 is 10.1 Å². The van der Waals surface area contributed by atoms with Gasteiger partial charge in [-0.3, -0.25) is 9.36 Å². The number of hydrogen-bond acceptors (Lipinski definition) is 4. The summed E-state index contributed by atoms with van der Waals surface area (Å²) in [6.45, 7) is 4.64. The van der Waals surface area contributed by atoms with Crippen molar-refractivity contribution < 1.29 is 9.53 Å². The lowest BCUT2D eigenvalue weighted by Crippen LogP contribution is -2.14. The number of carbonyl (C=O) groups excluding carboxylic acids is 1. The van der Waals surface area contributed by atoms with Gasteiger partial charge in [-0.05, 0) is 62.4 Å². The Morgan fingerprint density at radius 2 is 1.79 bits per heavy atom. The fourth-order valence-corrected chi connectivity index (χ4v) is 4.24. The lowest BCUT2D eigenvalue weighted by molar-refractivity contribution is -0.113. The normalized spacial score (nSPS) is 10.8. The van der Waals surface area contributed by atoms with Crippen LogP contribution in [-0.2, 0) is 4.79 Å². The number of hydrogen-bond donors (Lipinski definition) is 1. The predicted octanol–water partition coefficient (Wildman–Crippen LogP) is 6.63. The summed E-state index contributed by atoms with van der Waals surface area (Å²) in [7, 11) is 0. The Morgan fingerprint density at radius 3 is 2.48 bits per heavy atom. The fourth-order valence-electron chi connectivity index (χ4n) is 3.26. The van der Waals surface area contributed by atoms with Gasteiger partial charge in [0, 0.05) is 17.4 Å². The third-order valence-electron chi connectivity index (χ3n) is 4.93. The first-order valence-corrected chi connectivity index (χ1v) is 12.0. The van der Waals surface area contributed by atoms with E-state index in [1.54, 1.807) is 12.1 Å². The van der Waals surface area contributed by atoms with Crippen molar-refractivity contribution in [1.82, 2.24) is 9.55 Å². The molecule has 0 saturated carbocycles. The fraction of sp³-hybridized carbons (Fsp3) is 0.154. The Bertz CT molecular complexity index is 1240. The third-order valence-corrected chi connectivity index (χ3v) is 6.21. The molecular formula is C26H24ClN3O2S. The number of imidazole rings is 1. The number of nitrogens with zero attached hydrogens (tertiary/aromatic N) is 2. The van der Waals surface area contributed by atoms with E-state index in [4.69, 9.17) is 21.3 Å². The molecule has 0 aliphatic carbocycles. The van der Waals surface area contributed by atoms with Crippen LogP contribution in [0.2, 0.25) is 5.02 Å². The molecule has 3 aromatic carbocycles. The van der Waals surface area contributed by atoms with E-state index < -0.39 is 0 Å². The minimum absolute atomic E-state index is 0.144. The van der Waals surface area contributed by atoms with Gasteiger partial charge in [0.05, 0.1) is 28.8 Å². The van der Waals surface area contributed by atoms with E-state index in [0.717, 1.165) is 27.9 Å². The molecule has 0 bridgehead atoms. The molecule has 1 heterocycles. The molecule has 0 aliphatic rings. The number of rotatable bonds is 8. The molecule has 33 heavy (non-hydrogen) atoms. The Morgan fingerprint density at radius 1 is 1.06 bits per heavy atom. The molecule has 0 aliphatic heterocycles. The SMILES string of the molecule is CCOc1ccc(-c2cn(-c3ccc(C)cc3)c(SCC(=O)Nc3ccccc3Cl)n2)cc1. The molecule has 4 rings (SSSR count). The summed E-state index contributed by atoms with van der Waals surface area (Å²) in [5.41, 5.74) is 4.57. The largest absolute Gasteiger partial charge is 0.494 e. The second kappa shape index (κ2) is 10.6. The highest BCUT2D eigenvalue weighted by Gasteiger charge is 2.14. The second-order valence-electron chi connectivity index (χ2n) is 7.39. The van der Waals surface area contributed by atoms with Crippen molar-refractivity contribution >= 4 is 35.0 Å². The zero-order chi connectivity index (χ0) is 23.2. The van der Waals surface area contributed by atoms with Gasteiger partial charge in [0.2, 0.25) is 5.91 Å². The van der Waals surface area contributed by atoms with E-state index in [0.29, 0.717) is 17.3 Å². The second-order valence-corrected chi connectivity index (χ2v) is 8.74. The highest BCUT2D eigenvalue weighted by atomic mass is 35.5. The molecule has 0 unspecified atom stereocenters. The maximum atomic E-state index is 12.6. The molecule has 4 aromatic rings. The van der Waals surface area contributed by atoms with E-state index in [-0.39, 0.29) is 11.7 Å². The van der Waals surface area contributed by atoms with E-state index in [1.807, 2.05) is 66.2 Å². The zero-order valence-electron chi connectivity index (χ0n) is 18.4. The van der Waals surface area contributed by atoms with Crippen LogP contribution in [0.4, 0.5) is 5.69 Å². The number of halogens is 1. The number of thioether (sulfide) groups is 1. The van der Waals surface area contributed by atoms with Crippen LogP contribution in [0.25, 0.3) is 16.9 Å². The number of para-hydroxylation sites is 1. The minimum atomic E-state index is -0.144. The van der Waals surface area contributed by atoms with Gasteiger partial charge in [0.15, 0.2) is 5.16 Å². The van der Waals surface area contributed by atoms with Crippen LogP contribution in [-0.4, -0.2) is 27.8 Å². The standard InChI is InChI=1S/C26H24ClN3O2S/c1-3-32-21-14-10-19(11-15-21)24-16-30(20-12-8-18(2)9-13-20)26(29-24)33-17-25(31)28-23-7-5-4-6-22(23)27/h4-16H,3,17H2,1-2H3,(H,28,31). The van der Waals surface area contributed by atoms with Crippen LogP contribution in [0.1, 0.15) is 12.5 Å². The summed E-state index contributed by atoms with van der Waals surface area (Å²) < 4.78 is 7.56. The summed E-state index contributed by atoms with van der Waals surface area (Å²) in [6, 6.07) is 23.3. The van der Waals surface area contributed by atoms with Crippen molar-refractivity contribution in [2.45, 2.75) is 19.0 Å². The van der Waals surface area contributed by atoms with Crippen LogP contribution in [0.5, 0.6) is 5.75 Å². The molecule has 5 nitrogen and oxygen atoms in total. The van der Waals surface area contributed by atoms with E-state index in [9.17, 15) is 4.79 Å². The number of carbonyl (C=O) groups is 1. The number of ether oxygens (including phenoxy) is 1. The summed E-state index contributed by atoms with van der Waals surface area (Å²) in [5, 5.41) is 4.10. The van der Waals surface area contributed by atoms with Crippen LogP contribution in [0, 0.1) is 6.92 Å². The number of aromatic nitrogens is 2. The molecule has 0 fully saturated rings. The topological polar surface area (TPSA) is 56.1 Å². The van der Waals surface area contributed by atoms with Gasteiger partial charge in [-0.2, -0.15) is 0 Å². The summed E-state index contributed by atoms with van der Waals surface area (Å²) >= 11 is 7.54. The molecule has 7 heteroatoms. The smallest absolute Gasteiger partial charge is 0.234 e. The van der Waals surface area contributed by atoms with Crippen molar-refractivity contribution in [3.05, 3.63) is 89.6 Å². The quantitative estimate of drug-likeness (QED) is 0.289. The van der Waals surface area contributed by atoms with Gasteiger partial charge >= 0.3 is 0 Å². The van der Waals surface area contributed by atoms with Gasteiger partial charge in [-0.1, -0.05) is 53.2 Å². The highest BCUT2D eigenvalue weighted by Crippen LogP contribution is 2.29. The monoisotopic (exact) mass is 477 g/mol.